The first kappa shape index (κ1) is 27.3. The topological polar surface area (TPSA) is 57.4 Å². The number of nitrogens with one attached hydrogen (secondary N) is 2. The third-order valence-electron chi connectivity index (χ3n) is 8.21. The van der Waals surface area contributed by atoms with E-state index in [9.17, 15) is 0 Å². The second-order valence-electron chi connectivity index (χ2n) is 10.1. The maximum absolute atomic E-state index is 5.14. The molecular formula is C32H38N4Pt+2. The van der Waals surface area contributed by atoms with Crippen molar-refractivity contribution in [2.24, 2.45) is 0 Å². The first-order valence-electron chi connectivity index (χ1n) is 13.4. The van der Waals surface area contributed by atoms with Crippen LogP contribution in [0.4, 0.5) is 0 Å². The van der Waals surface area contributed by atoms with Crippen LogP contribution in [0.3, 0.4) is 0 Å². The number of aryl methyl sites for hydroxylation is 4. The van der Waals surface area contributed by atoms with Gasteiger partial charge in [0.2, 0.25) is 0 Å². The van der Waals surface area contributed by atoms with E-state index < -0.39 is 0 Å². The molecule has 2 aliphatic rings. The molecule has 0 fully saturated rings. The van der Waals surface area contributed by atoms with Crippen molar-refractivity contribution in [2.45, 2.75) is 81.1 Å². The van der Waals surface area contributed by atoms with Gasteiger partial charge in [0.15, 0.2) is 0 Å². The van der Waals surface area contributed by atoms with Gasteiger partial charge >= 0.3 is 21.1 Å². The monoisotopic (exact) mass is 673 g/mol. The van der Waals surface area contributed by atoms with Gasteiger partial charge in [0.05, 0.1) is 22.8 Å². The Morgan fingerprint density at radius 1 is 0.514 bits per heavy atom. The number of H-pyrrole nitrogens is 2. The zero-order valence-corrected chi connectivity index (χ0v) is 25.6. The molecular weight excluding hydrogens is 635 g/mol. The average Bonchev–Trinajstić information content (AvgIpc) is 3.51. The third kappa shape index (κ3) is 4.48. The Balaban J connectivity index is 0.00000320. The zero-order chi connectivity index (χ0) is 25.7. The van der Waals surface area contributed by atoms with Gasteiger partial charge in [0.1, 0.15) is 0 Å². The van der Waals surface area contributed by atoms with Gasteiger partial charge in [0, 0.05) is 22.1 Å². The number of aromatic amines is 2. The molecule has 0 spiro atoms. The molecule has 0 amide bonds. The Labute approximate surface area is 235 Å². The normalized spacial score (nSPS) is 13.4. The van der Waals surface area contributed by atoms with E-state index in [1.807, 2.05) is 0 Å². The molecule has 0 radical (unpaired) electrons. The minimum atomic E-state index is 0. The predicted molar refractivity (Wildman–Crippen MR) is 155 cm³/mol. The molecule has 2 N–H and O–H groups in total. The van der Waals surface area contributed by atoms with Crippen LogP contribution in [-0.4, -0.2) is 19.9 Å². The van der Waals surface area contributed by atoms with Crippen molar-refractivity contribution >= 4 is 44.4 Å². The first-order chi connectivity index (χ1) is 17.3. The molecule has 0 atom stereocenters. The van der Waals surface area contributed by atoms with Crippen LogP contribution in [0.5, 0.6) is 0 Å². The van der Waals surface area contributed by atoms with Crippen LogP contribution < -0.4 is 0 Å². The number of hydrogen-bond acceptors (Lipinski definition) is 2. The Hall–Kier alpha value is -2.71. The number of hydrogen-bond donors (Lipinski definition) is 2. The molecule has 0 unspecified atom stereocenters. The van der Waals surface area contributed by atoms with Crippen LogP contribution in [0, 0.1) is 13.8 Å². The molecule has 4 nitrogen and oxygen atoms in total. The van der Waals surface area contributed by atoms with Crippen molar-refractivity contribution in [1.29, 1.82) is 0 Å². The summed E-state index contributed by atoms with van der Waals surface area (Å²) < 4.78 is 0. The Morgan fingerprint density at radius 3 is 1.35 bits per heavy atom. The number of aromatic nitrogens is 4. The summed E-state index contributed by atoms with van der Waals surface area (Å²) in [5.74, 6) is 0. The van der Waals surface area contributed by atoms with Crippen LogP contribution in [0.25, 0.3) is 44.4 Å². The van der Waals surface area contributed by atoms with Crippen molar-refractivity contribution in [3.05, 3.63) is 69.3 Å². The summed E-state index contributed by atoms with van der Waals surface area (Å²) in [7, 11) is 0. The fourth-order valence-electron chi connectivity index (χ4n) is 6.02. The van der Waals surface area contributed by atoms with Crippen LogP contribution in [-0.2, 0) is 33.9 Å². The number of rotatable bonds is 4. The van der Waals surface area contributed by atoms with E-state index in [4.69, 9.17) is 9.97 Å². The van der Waals surface area contributed by atoms with Gasteiger partial charge < -0.3 is 9.97 Å². The summed E-state index contributed by atoms with van der Waals surface area (Å²) in [6.07, 6.45) is 3.86. The Bertz CT molecular complexity index is 1610. The SMILES string of the molecule is CCC1=C(C)c2cc3[nH]c(cc4[nH]c(cc5nc(cc1n2)C(C)=C5CC)c(CC)c4C)c(C)c3CC.[Pt+2]. The zero-order valence-electron chi connectivity index (χ0n) is 23.3. The second-order valence-corrected chi connectivity index (χ2v) is 10.1. The maximum Gasteiger partial charge on any atom is 2.00 e. The number of fused-ring (bicyclic) bond motifs is 8. The number of allylic oxidation sites excluding steroid dienone is 4. The van der Waals surface area contributed by atoms with E-state index in [2.05, 4.69) is 89.6 Å². The summed E-state index contributed by atoms with van der Waals surface area (Å²) >= 11 is 0. The molecule has 8 bridgehead atoms. The molecule has 0 saturated carbocycles. The Morgan fingerprint density at radius 2 is 0.919 bits per heavy atom. The Kier molecular flexibility index (Phi) is 7.81. The van der Waals surface area contributed by atoms with Crippen LogP contribution in [0.1, 0.15) is 99.4 Å². The molecule has 194 valence electrons. The van der Waals surface area contributed by atoms with Gasteiger partial charge in [-0.2, -0.15) is 0 Å². The molecule has 0 aliphatic carbocycles. The van der Waals surface area contributed by atoms with Crippen molar-refractivity contribution < 1.29 is 21.1 Å². The van der Waals surface area contributed by atoms with Crippen molar-refractivity contribution in [2.75, 3.05) is 0 Å². The minimum Gasteiger partial charge on any atom is -0.355 e. The predicted octanol–water partition coefficient (Wildman–Crippen LogP) is 8.74. The second kappa shape index (κ2) is 10.6. The van der Waals surface area contributed by atoms with Gasteiger partial charge in [-0.05, 0) is 122 Å². The largest absolute Gasteiger partial charge is 2.00 e. The van der Waals surface area contributed by atoms with Crippen LogP contribution >= 0.6 is 0 Å². The van der Waals surface area contributed by atoms with E-state index in [0.717, 1.165) is 70.5 Å². The molecule has 3 aromatic heterocycles. The average molecular weight is 674 g/mol. The summed E-state index contributed by atoms with van der Waals surface area (Å²) in [4.78, 5) is 17.8. The van der Waals surface area contributed by atoms with Crippen molar-refractivity contribution in [3.8, 4) is 0 Å². The summed E-state index contributed by atoms with van der Waals surface area (Å²) in [5.41, 5.74) is 19.3. The van der Waals surface area contributed by atoms with E-state index >= 15 is 0 Å². The minimum absolute atomic E-state index is 0. The van der Waals surface area contributed by atoms with E-state index in [1.54, 1.807) is 0 Å². The van der Waals surface area contributed by atoms with Gasteiger partial charge in [-0.25, -0.2) is 9.97 Å². The maximum atomic E-state index is 5.14. The summed E-state index contributed by atoms with van der Waals surface area (Å²) in [5, 5.41) is 0. The van der Waals surface area contributed by atoms with E-state index in [0.29, 0.717) is 0 Å². The van der Waals surface area contributed by atoms with Crippen molar-refractivity contribution in [1.82, 2.24) is 19.9 Å². The van der Waals surface area contributed by atoms with Crippen molar-refractivity contribution in [3.63, 3.8) is 0 Å². The van der Waals surface area contributed by atoms with Crippen LogP contribution in [0.2, 0.25) is 0 Å². The van der Waals surface area contributed by atoms with E-state index in [-0.39, 0.29) is 21.1 Å². The molecule has 0 saturated heterocycles. The van der Waals surface area contributed by atoms with Gasteiger partial charge in [-0.15, -0.1) is 0 Å². The van der Waals surface area contributed by atoms with E-state index in [1.165, 1.54) is 44.5 Å². The molecule has 5 heteroatoms. The molecule has 37 heavy (non-hydrogen) atoms. The summed E-state index contributed by atoms with van der Waals surface area (Å²) in [6.45, 7) is 17.8. The standard InChI is InChI=1S/C32H38N4.Pt/c1-9-21-17(5)25-13-26-18(6)23(11-3)31(34-26)16-32-24(12-4)20(8)28(36-32)15-30-22(10-2)19(7)27(35-30)14-29(21)33-25;/h13-16,33-34H,9-12H2,1-8H3;/q;+2. The molecule has 3 aromatic rings. The molecule has 2 aliphatic heterocycles. The van der Waals surface area contributed by atoms with Gasteiger partial charge in [-0.3, -0.25) is 0 Å². The summed E-state index contributed by atoms with van der Waals surface area (Å²) in [6, 6.07) is 8.98. The quantitative estimate of drug-likeness (QED) is 0.291. The first-order valence-corrected chi connectivity index (χ1v) is 13.4. The molecule has 0 aromatic carbocycles. The van der Waals surface area contributed by atoms with Gasteiger partial charge in [-0.1, -0.05) is 27.7 Å². The molecule has 5 rings (SSSR count). The van der Waals surface area contributed by atoms with Crippen LogP contribution in [0.15, 0.2) is 24.3 Å². The number of nitrogens with zero attached hydrogens (tertiary/aromatic N) is 2. The fraction of sp³-hybridized carbons (Fsp3) is 0.375. The third-order valence-corrected chi connectivity index (χ3v) is 8.21. The fourth-order valence-corrected chi connectivity index (χ4v) is 6.02. The molecule has 5 heterocycles. The van der Waals surface area contributed by atoms with Gasteiger partial charge in [0.25, 0.3) is 0 Å². The smallest absolute Gasteiger partial charge is 0.355 e.